The molecule has 6 nitrogen and oxygen atoms in total. The molecule has 1 aliphatic rings. The highest BCUT2D eigenvalue weighted by atomic mass is 16.5. The van der Waals surface area contributed by atoms with Gasteiger partial charge in [-0.1, -0.05) is 6.07 Å². The Labute approximate surface area is 132 Å². The van der Waals surface area contributed by atoms with Crippen LogP contribution in [0.5, 0.6) is 0 Å². The quantitative estimate of drug-likeness (QED) is 0.869. The van der Waals surface area contributed by atoms with Gasteiger partial charge in [0.25, 0.3) is 0 Å². The molecule has 122 valence electrons. The molecule has 0 aliphatic carbocycles. The lowest BCUT2D eigenvalue weighted by molar-refractivity contribution is 0.113. The summed E-state index contributed by atoms with van der Waals surface area (Å²) >= 11 is 0. The zero-order valence-electron chi connectivity index (χ0n) is 13.7. The highest BCUT2D eigenvalue weighted by Gasteiger charge is 2.26. The third-order valence-corrected chi connectivity index (χ3v) is 3.80. The van der Waals surface area contributed by atoms with Crippen LogP contribution >= 0.6 is 0 Å². The number of anilines is 1. The molecule has 1 fully saturated rings. The third kappa shape index (κ3) is 4.59. The van der Waals surface area contributed by atoms with E-state index < -0.39 is 0 Å². The van der Waals surface area contributed by atoms with Crippen LogP contribution in [0.1, 0.15) is 19.0 Å². The van der Waals surface area contributed by atoms with Crippen LogP contribution in [-0.2, 0) is 11.3 Å². The van der Waals surface area contributed by atoms with Crippen molar-refractivity contribution in [2.75, 3.05) is 45.3 Å². The molecule has 1 saturated heterocycles. The van der Waals surface area contributed by atoms with Crippen molar-refractivity contribution < 1.29 is 9.53 Å². The summed E-state index contributed by atoms with van der Waals surface area (Å²) in [6.45, 7) is 5.50. The molecule has 1 aliphatic heterocycles. The van der Waals surface area contributed by atoms with E-state index in [4.69, 9.17) is 4.74 Å². The van der Waals surface area contributed by atoms with Gasteiger partial charge in [0.1, 0.15) is 5.82 Å². The Balaban J connectivity index is 1.79. The molecule has 1 unspecified atom stereocenters. The molecular formula is C16H26N4O2. The molecule has 1 atom stereocenters. The summed E-state index contributed by atoms with van der Waals surface area (Å²) < 4.78 is 5.44. The summed E-state index contributed by atoms with van der Waals surface area (Å²) in [6, 6.07) is 5.81. The van der Waals surface area contributed by atoms with Crippen molar-refractivity contribution in [3.8, 4) is 0 Å². The van der Waals surface area contributed by atoms with E-state index >= 15 is 0 Å². The summed E-state index contributed by atoms with van der Waals surface area (Å²) in [4.78, 5) is 20.5. The molecule has 0 saturated carbocycles. The summed E-state index contributed by atoms with van der Waals surface area (Å²) in [6.07, 6.45) is 1.02. The van der Waals surface area contributed by atoms with E-state index in [0.29, 0.717) is 12.5 Å². The summed E-state index contributed by atoms with van der Waals surface area (Å²) in [7, 11) is 3.90. The van der Waals surface area contributed by atoms with Crippen molar-refractivity contribution in [2.45, 2.75) is 19.9 Å². The van der Waals surface area contributed by atoms with Crippen molar-refractivity contribution in [3.63, 3.8) is 0 Å². The maximum atomic E-state index is 12.2. The highest BCUT2D eigenvalue weighted by molar-refractivity contribution is 5.74. The van der Waals surface area contributed by atoms with Crippen molar-refractivity contribution in [1.82, 2.24) is 15.2 Å². The summed E-state index contributed by atoms with van der Waals surface area (Å²) in [5.41, 5.74) is 0.865. The van der Waals surface area contributed by atoms with Gasteiger partial charge in [0.2, 0.25) is 0 Å². The molecule has 2 amide bonds. The summed E-state index contributed by atoms with van der Waals surface area (Å²) in [5, 5.41) is 2.95. The van der Waals surface area contributed by atoms with Gasteiger partial charge >= 0.3 is 6.03 Å². The first kappa shape index (κ1) is 16.5. The number of aromatic nitrogens is 1. The largest absolute Gasteiger partial charge is 0.381 e. The van der Waals surface area contributed by atoms with Gasteiger partial charge in [0.05, 0.1) is 18.8 Å². The number of pyridine rings is 1. The number of likely N-dealkylation sites (tertiary alicyclic amines) is 1. The Morgan fingerprint density at radius 3 is 3.05 bits per heavy atom. The number of amides is 2. The normalized spacial score (nSPS) is 17.6. The SMILES string of the molecule is CCOCC1CCN(C(=O)NCc2cccc(N(C)C)n2)C1. The molecule has 0 spiro atoms. The molecule has 2 heterocycles. The van der Waals surface area contributed by atoms with E-state index in [9.17, 15) is 4.79 Å². The van der Waals surface area contributed by atoms with E-state index in [1.807, 2.05) is 49.0 Å². The average Bonchev–Trinajstić information content (AvgIpc) is 3.00. The molecule has 1 aromatic heterocycles. The molecular weight excluding hydrogens is 280 g/mol. The number of hydrogen-bond donors (Lipinski definition) is 1. The number of ether oxygens (including phenoxy) is 1. The standard InChI is InChI=1S/C16H26N4O2/c1-4-22-12-13-8-9-20(11-13)16(21)17-10-14-6-5-7-15(18-14)19(2)3/h5-7,13H,4,8-12H2,1-3H3,(H,17,21). The number of urea groups is 1. The molecule has 22 heavy (non-hydrogen) atoms. The van der Waals surface area contributed by atoms with E-state index in [2.05, 4.69) is 10.3 Å². The van der Waals surface area contributed by atoms with Crippen LogP contribution in [0, 0.1) is 5.92 Å². The lowest BCUT2D eigenvalue weighted by atomic mass is 10.1. The second kappa shape index (κ2) is 7.98. The third-order valence-electron chi connectivity index (χ3n) is 3.80. The number of nitrogens with one attached hydrogen (secondary N) is 1. The van der Waals surface area contributed by atoms with Crippen LogP contribution < -0.4 is 10.2 Å². The Hall–Kier alpha value is -1.82. The molecule has 1 N–H and O–H groups in total. The number of carbonyl (C=O) groups excluding carboxylic acids is 1. The van der Waals surface area contributed by atoms with Gasteiger partial charge in [-0.25, -0.2) is 9.78 Å². The van der Waals surface area contributed by atoms with Crippen LogP contribution in [0.25, 0.3) is 0 Å². The predicted octanol–water partition coefficient (Wildman–Crippen LogP) is 1.72. The van der Waals surface area contributed by atoms with Crippen molar-refractivity contribution >= 4 is 11.8 Å². The van der Waals surface area contributed by atoms with Gasteiger partial charge in [0.15, 0.2) is 0 Å². The van der Waals surface area contributed by atoms with E-state index in [0.717, 1.165) is 44.2 Å². The average molecular weight is 306 g/mol. The van der Waals surface area contributed by atoms with Crippen LogP contribution in [-0.4, -0.2) is 56.3 Å². The lowest BCUT2D eigenvalue weighted by Gasteiger charge is -2.18. The fraction of sp³-hybridized carbons (Fsp3) is 0.625. The Morgan fingerprint density at radius 1 is 1.50 bits per heavy atom. The fourth-order valence-corrected chi connectivity index (χ4v) is 2.53. The maximum absolute atomic E-state index is 12.2. The first-order valence-corrected chi connectivity index (χ1v) is 7.84. The highest BCUT2D eigenvalue weighted by Crippen LogP contribution is 2.16. The monoisotopic (exact) mass is 306 g/mol. The molecule has 0 aromatic carbocycles. The van der Waals surface area contributed by atoms with Crippen LogP contribution in [0.15, 0.2) is 18.2 Å². The van der Waals surface area contributed by atoms with Gasteiger partial charge in [0, 0.05) is 39.7 Å². The first-order chi connectivity index (χ1) is 10.6. The van der Waals surface area contributed by atoms with Crippen LogP contribution in [0.4, 0.5) is 10.6 Å². The summed E-state index contributed by atoms with van der Waals surface area (Å²) in [5.74, 6) is 1.35. The van der Waals surface area contributed by atoms with Gasteiger partial charge < -0.3 is 19.9 Å². The minimum absolute atomic E-state index is 0.0175. The van der Waals surface area contributed by atoms with Crippen molar-refractivity contribution in [3.05, 3.63) is 23.9 Å². The topological polar surface area (TPSA) is 57.7 Å². The minimum atomic E-state index is -0.0175. The fourth-order valence-electron chi connectivity index (χ4n) is 2.53. The second-order valence-electron chi connectivity index (χ2n) is 5.80. The smallest absolute Gasteiger partial charge is 0.317 e. The van der Waals surface area contributed by atoms with Gasteiger partial charge in [-0.15, -0.1) is 0 Å². The second-order valence-corrected chi connectivity index (χ2v) is 5.80. The van der Waals surface area contributed by atoms with Gasteiger partial charge in [-0.05, 0) is 25.5 Å². The molecule has 2 rings (SSSR count). The maximum Gasteiger partial charge on any atom is 0.317 e. The van der Waals surface area contributed by atoms with Gasteiger partial charge in [-0.2, -0.15) is 0 Å². The molecule has 0 radical (unpaired) electrons. The van der Waals surface area contributed by atoms with E-state index in [1.54, 1.807) is 0 Å². The Bertz CT molecular complexity index is 493. The number of hydrogen-bond acceptors (Lipinski definition) is 4. The van der Waals surface area contributed by atoms with Crippen molar-refractivity contribution in [2.24, 2.45) is 5.92 Å². The van der Waals surface area contributed by atoms with E-state index in [-0.39, 0.29) is 6.03 Å². The molecule has 0 bridgehead atoms. The van der Waals surface area contributed by atoms with Crippen LogP contribution in [0.3, 0.4) is 0 Å². The van der Waals surface area contributed by atoms with Gasteiger partial charge in [-0.3, -0.25) is 0 Å². The Kier molecular flexibility index (Phi) is 6.00. The Morgan fingerprint density at radius 2 is 2.32 bits per heavy atom. The number of carbonyl (C=O) groups is 1. The predicted molar refractivity (Wildman–Crippen MR) is 87.0 cm³/mol. The molecule has 1 aromatic rings. The lowest BCUT2D eigenvalue weighted by Crippen LogP contribution is -2.38. The number of rotatable bonds is 6. The van der Waals surface area contributed by atoms with Crippen molar-refractivity contribution in [1.29, 1.82) is 0 Å². The number of nitrogens with zero attached hydrogens (tertiary/aromatic N) is 3. The zero-order chi connectivity index (χ0) is 15.9. The van der Waals surface area contributed by atoms with E-state index in [1.165, 1.54) is 0 Å². The van der Waals surface area contributed by atoms with Crippen LogP contribution in [0.2, 0.25) is 0 Å². The molecule has 6 heteroatoms. The zero-order valence-corrected chi connectivity index (χ0v) is 13.7. The minimum Gasteiger partial charge on any atom is -0.381 e. The first-order valence-electron chi connectivity index (χ1n) is 7.84.